The lowest BCUT2D eigenvalue weighted by Gasteiger charge is -2.39. The van der Waals surface area contributed by atoms with E-state index in [1.54, 1.807) is 0 Å². The quantitative estimate of drug-likeness (QED) is 0.470. The van der Waals surface area contributed by atoms with Crippen molar-refractivity contribution in [1.82, 2.24) is 0 Å². The van der Waals surface area contributed by atoms with Gasteiger partial charge in [-0.25, -0.2) is 0 Å². The minimum absolute atomic E-state index is 0.317. The molecule has 1 fully saturated rings. The van der Waals surface area contributed by atoms with Crippen molar-refractivity contribution in [3.63, 3.8) is 0 Å². The lowest BCUT2D eigenvalue weighted by atomic mass is 9.90. The van der Waals surface area contributed by atoms with Crippen LogP contribution in [0, 0.1) is 5.92 Å². The summed E-state index contributed by atoms with van der Waals surface area (Å²) in [5.74, 6) is 0.669. The highest BCUT2D eigenvalue weighted by atomic mass is 79.9. The van der Waals surface area contributed by atoms with Crippen molar-refractivity contribution in [1.29, 1.82) is 0 Å². The highest BCUT2D eigenvalue weighted by molar-refractivity contribution is 9.12. The van der Waals surface area contributed by atoms with Crippen LogP contribution in [0.15, 0.2) is 0 Å². The Morgan fingerprint density at radius 2 is 1.76 bits per heavy atom. The molecule has 0 bridgehead atoms. The summed E-state index contributed by atoms with van der Waals surface area (Å²) >= 11 is 7.59. The van der Waals surface area contributed by atoms with Gasteiger partial charge < -0.3 is 4.43 Å². The highest BCUT2D eigenvalue weighted by Crippen LogP contribution is 2.39. The van der Waals surface area contributed by atoms with Crippen molar-refractivity contribution in [3.8, 4) is 0 Å². The first kappa shape index (κ1) is 16.2. The summed E-state index contributed by atoms with van der Waals surface area (Å²) in [5, 5.41) is 0.317. The van der Waals surface area contributed by atoms with E-state index in [-0.39, 0.29) is 0 Å². The molecule has 0 aromatic rings. The molecule has 0 N–H and O–H groups in total. The normalized spacial score (nSPS) is 31.6. The largest absolute Gasteiger partial charge is 0.417 e. The summed E-state index contributed by atoms with van der Waals surface area (Å²) < 4.78 is 6.34. The Hall–Kier alpha value is 1.14. The predicted octanol–water partition coefficient (Wildman–Crippen LogP) is 5.34. The van der Waals surface area contributed by atoms with E-state index in [1.807, 2.05) is 0 Å². The van der Waals surface area contributed by atoms with Crippen LogP contribution in [0.4, 0.5) is 0 Å². The van der Waals surface area contributed by atoms with E-state index < -0.39 is 8.32 Å². The molecule has 0 saturated heterocycles. The summed E-state index contributed by atoms with van der Waals surface area (Å²) in [5.41, 5.74) is 0. The van der Waals surface area contributed by atoms with Gasteiger partial charge in [-0.3, -0.25) is 0 Å². The second kappa shape index (κ2) is 6.06. The molecule has 1 nitrogen and oxygen atoms in total. The lowest BCUT2D eigenvalue weighted by molar-refractivity contribution is 0.202. The number of hydrogen-bond acceptors (Lipinski definition) is 1. The third kappa shape index (κ3) is 4.32. The fraction of sp³-hybridized carbons (Fsp3) is 1.00. The standard InChI is InChI=1S/C13H26Br2OSi/c1-13(2,3)17(4,5)16-9-10-7-6-8-11(14)12(10)15/h10-12H,6-9H2,1-5H3/t10?,11-,12-/m1/s1. The topological polar surface area (TPSA) is 9.23 Å². The second-order valence-electron chi connectivity index (χ2n) is 6.72. The maximum atomic E-state index is 6.34. The Morgan fingerprint density at radius 1 is 1.18 bits per heavy atom. The lowest BCUT2D eigenvalue weighted by Crippen LogP contribution is -2.43. The SMILES string of the molecule is CC(C)(C)[Si](C)(C)OCC1CCC[C@@H](Br)[C@@H]1Br. The van der Waals surface area contributed by atoms with Gasteiger partial charge in [-0.15, -0.1) is 0 Å². The third-order valence-corrected chi connectivity index (χ3v) is 11.9. The van der Waals surface area contributed by atoms with Crippen LogP contribution >= 0.6 is 31.9 Å². The van der Waals surface area contributed by atoms with Crippen molar-refractivity contribution in [2.45, 2.75) is 67.8 Å². The summed E-state index contributed by atoms with van der Waals surface area (Å²) in [6.07, 6.45) is 3.91. The molecule has 1 rings (SSSR count). The molecule has 1 saturated carbocycles. The minimum atomic E-state index is -1.58. The number of rotatable bonds is 3. The van der Waals surface area contributed by atoms with Crippen molar-refractivity contribution in [3.05, 3.63) is 0 Å². The Bertz CT molecular complexity index is 250. The molecule has 17 heavy (non-hydrogen) atoms. The van der Waals surface area contributed by atoms with Crippen LogP contribution in [0.3, 0.4) is 0 Å². The molecule has 1 unspecified atom stereocenters. The molecule has 0 heterocycles. The Kier molecular flexibility index (Phi) is 5.77. The van der Waals surface area contributed by atoms with E-state index in [1.165, 1.54) is 19.3 Å². The van der Waals surface area contributed by atoms with Gasteiger partial charge in [-0.05, 0) is 36.9 Å². The van der Waals surface area contributed by atoms with Gasteiger partial charge in [0, 0.05) is 16.3 Å². The van der Waals surface area contributed by atoms with Gasteiger partial charge in [0.2, 0.25) is 0 Å². The zero-order valence-electron chi connectivity index (χ0n) is 11.7. The molecule has 3 atom stereocenters. The van der Waals surface area contributed by atoms with Gasteiger partial charge in [0.25, 0.3) is 0 Å². The zero-order valence-corrected chi connectivity index (χ0v) is 15.9. The van der Waals surface area contributed by atoms with E-state index >= 15 is 0 Å². The molecule has 1 aliphatic rings. The molecule has 4 heteroatoms. The summed E-state index contributed by atoms with van der Waals surface area (Å²) in [4.78, 5) is 1.19. The molecule has 0 spiro atoms. The first-order valence-electron chi connectivity index (χ1n) is 6.57. The van der Waals surface area contributed by atoms with Crippen molar-refractivity contribution >= 4 is 40.2 Å². The van der Waals surface area contributed by atoms with Gasteiger partial charge in [0.05, 0.1) is 0 Å². The van der Waals surface area contributed by atoms with Gasteiger partial charge in [0.1, 0.15) is 0 Å². The van der Waals surface area contributed by atoms with Gasteiger partial charge >= 0.3 is 0 Å². The van der Waals surface area contributed by atoms with Crippen LogP contribution in [-0.4, -0.2) is 24.6 Å². The highest BCUT2D eigenvalue weighted by Gasteiger charge is 2.39. The van der Waals surface area contributed by atoms with Crippen LogP contribution in [0.25, 0.3) is 0 Å². The smallest absolute Gasteiger partial charge is 0.191 e. The Labute approximate surface area is 124 Å². The fourth-order valence-corrected chi connectivity index (χ4v) is 4.40. The third-order valence-electron chi connectivity index (χ3n) is 4.32. The van der Waals surface area contributed by atoms with Crippen molar-refractivity contribution in [2.24, 2.45) is 5.92 Å². The maximum Gasteiger partial charge on any atom is 0.191 e. The van der Waals surface area contributed by atoms with Crippen LogP contribution in [0.1, 0.15) is 40.0 Å². The monoisotopic (exact) mass is 384 g/mol. The first-order chi connectivity index (χ1) is 7.65. The van der Waals surface area contributed by atoms with Gasteiger partial charge in [-0.1, -0.05) is 59.1 Å². The molecular formula is C13H26Br2OSi. The van der Waals surface area contributed by atoms with E-state index in [0.29, 0.717) is 20.6 Å². The van der Waals surface area contributed by atoms with Gasteiger partial charge in [0.15, 0.2) is 8.32 Å². The van der Waals surface area contributed by atoms with Crippen molar-refractivity contribution < 1.29 is 4.43 Å². The zero-order chi connectivity index (χ0) is 13.3. The summed E-state index contributed by atoms with van der Waals surface area (Å²) in [6, 6.07) is 0. The van der Waals surface area contributed by atoms with Crippen LogP contribution < -0.4 is 0 Å². The average molecular weight is 386 g/mol. The second-order valence-corrected chi connectivity index (χ2v) is 13.8. The maximum absolute atomic E-state index is 6.34. The minimum Gasteiger partial charge on any atom is -0.417 e. The van der Waals surface area contributed by atoms with Gasteiger partial charge in [-0.2, -0.15) is 0 Å². The number of hydrogen-bond donors (Lipinski definition) is 0. The average Bonchev–Trinajstić information content (AvgIpc) is 2.18. The number of halogens is 2. The molecule has 0 aromatic carbocycles. The molecule has 1 aliphatic carbocycles. The first-order valence-corrected chi connectivity index (χ1v) is 11.3. The molecule has 102 valence electrons. The van der Waals surface area contributed by atoms with E-state index in [2.05, 4.69) is 65.7 Å². The van der Waals surface area contributed by atoms with Crippen LogP contribution in [-0.2, 0) is 4.43 Å². The summed E-state index contributed by atoms with van der Waals surface area (Å²) in [7, 11) is -1.58. The fourth-order valence-electron chi connectivity index (χ4n) is 1.90. The van der Waals surface area contributed by atoms with Crippen LogP contribution in [0.5, 0.6) is 0 Å². The molecule has 0 amide bonds. The Balaban J connectivity index is 2.50. The molecule has 0 radical (unpaired) electrons. The number of alkyl halides is 2. The molecular weight excluding hydrogens is 360 g/mol. The van der Waals surface area contributed by atoms with Crippen molar-refractivity contribution in [2.75, 3.05) is 6.61 Å². The Morgan fingerprint density at radius 3 is 2.29 bits per heavy atom. The van der Waals surface area contributed by atoms with E-state index in [0.717, 1.165) is 6.61 Å². The van der Waals surface area contributed by atoms with E-state index in [4.69, 9.17) is 4.43 Å². The predicted molar refractivity (Wildman–Crippen MR) is 85.9 cm³/mol. The van der Waals surface area contributed by atoms with E-state index in [9.17, 15) is 0 Å². The summed E-state index contributed by atoms with van der Waals surface area (Å²) in [6.45, 7) is 12.5. The molecule has 0 aliphatic heterocycles. The molecule has 0 aromatic heterocycles. The van der Waals surface area contributed by atoms with Crippen LogP contribution in [0.2, 0.25) is 18.1 Å².